The van der Waals surface area contributed by atoms with Crippen molar-refractivity contribution in [1.82, 2.24) is 0 Å². The van der Waals surface area contributed by atoms with Crippen molar-refractivity contribution in [1.29, 1.82) is 0 Å². The van der Waals surface area contributed by atoms with Crippen LogP contribution < -0.4 is 0 Å². The highest BCUT2D eigenvalue weighted by Crippen LogP contribution is 2.54. The number of carbonyl (C=O) groups is 1. The molecule has 150 valence electrons. The molecule has 0 aromatic heterocycles. The predicted octanol–water partition coefficient (Wildman–Crippen LogP) is 4.52. The number of ether oxygens (including phenoxy) is 3. The van der Waals surface area contributed by atoms with Gasteiger partial charge in [-0.3, -0.25) is 0 Å². The average Bonchev–Trinajstić information content (AvgIpc) is 3.22. The molecule has 2 atom stereocenters. The van der Waals surface area contributed by atoms with Gasteiger partial charge < -0.3 is 14.2 Å². The molecule has 4 nitrogen and oxygen atoms in total. The lowest BCUT2D eigenvalue weighted by molar-refractivity contribution is -0.194. The fourth-order valence-corrected chi connectivity index (χ4v) is 5.47. The van der Waals surface area contributed by atoms with E-state index in [0.29, 0.717) is 24.7 Å². The first-order valence-corrected chi connectivity index (χ1v) is 10.4. The first-order chi connectivity index (χ1) is 14.1. The molecule has 0 amide bonds. The van der Waals surface area contributed by atoms with Gasteiger partial charge in [0, 0.05) is 18.3 Å². The maximum absolute atomic E-state index is 12.0. The number of benzene rings is 2. The molecule has 3 aliphatic rings. The van der Waals surface area contributed by atoms with Gasteiger partial charge in [-0.05, 0) is 47.6 Å². The minimum absolute atomic E-state index is 0.0271. The molecule has 0 radical (unpaired) electrons. The molecule has 5 rings (SSSR count). The van der Waals surface area contributed by atoms with E-state index in [2.05, 4.69) is 48.6 Å². The molecule has 2 unspecified atom stereocenters. The number of hydrogen-bond donors (Lipinski definition) is 0. The largest absolute Gasteiger partial charge is 0.465 e. The standard InChI is InChI=1S/C25H26O4/c1-27-23(26)20-8-10-22-19(15-20)7-9-21-17-25(28-13-14-29-25)12-11-24(21,22)16-18-5-3-2-4-6-18/h2-10,15,21H,11-14,16-17H2,1H3. The zero-order valence-corrected chi connectivity index (χ0v) is 16.7. The number of methoxy groups -OCH3 is 1. The maximum atomic E-state index is 12.0. The molecule has 0 N–H and O–H groups in total. The molecule has 1 heterocycles. The van der Waals surface area contributed by atoms with E-state index in [-0.39, 0.29) is 11.4 Å². The quantitative estimate of drug-likeness (QED) is 0.723. The van der Waals surface area contributed by atoms with E-state index in [1.165, 1.54) is 18.2 Å². The Morgan fingerprint density at radius 2 is 1.90 bits per heavy atom. The zero-order valence-electron chi connectivity index (χ0n) is 16.7. The summed E-state index contributed by atoms with van der Waals surface area (Å²) in [7, 11) is 1.42. The number of carbonyl (C=O) groups excluding carboxylic acids is 1. The summed E-state index contributed by atoms with van der Waals surface area (Å²) in [5, 5.41) is 0. The van der Waals surface area contributed by atoms with E-state index < -0.39 is 5.79 Å². The van der Waals surface area contributed by atoms with Gasteiger partial charge in [0.1, 0.15) is 0 Å². The van der Waals surface area contributed by atoms with Crippen LogP contribution in [0.2, 0.25) is 0 Å². The van der Waals surface area contributed by atoms with Crippen molar-refractivity contribution in [2.45, 2.75) is 36.9 Å². The third-order valence-electron chi connectivity index (χ3n) is 6.89. The lowest BCUT2D eigenvalue weighted by Gasteiger charge is -2.51. The fraction of sp³-hybridized carbons (Fsp3) is 0.400. The Morgan fingerprint density at radius 1 is 1.10 bits per heavy atom. The van der Waals surface area contributed by atoms with E-state index in [1.54, 1.807) is 0 Å². The Labute approximate surface area is 171 Å². The van der Waals surface area contributed by atoms with Gasteiger partial charge in [-0.15, -0.1) is 0 Å². The lowest BCUT2D eigenvalue weighted by atomic mass is 9.56. The minimum atomic E-state index is -0.432. The second-order valence-corrected chi connectivity index (χ2v) is 8.39. The summed E-state index contributed by atoms with van der Waals surface area (Å²) in [4.78, 5) is 12.0. The van der Waals surface area contributed by atoms with Crippen LogP contribution in [0.15, 0.2) is 54.6 Å². The van der Waals surface area contributed by atoms with Gasteiger partial charge in [0.2, 0.25) is 0 Å². The van der Waals surface area contributed by atoms with Crippen molar-refractivity contribution in [2.24, 2.45) is 5.92 Å². The molecule has 1 saturated heterocycles. The molecule has 2 aromatic rings. The maximum Gasteiger partial charge on any atom is 0.337 e. The van der Waals surface area contributed by atoms with Crippen LogP contribution in [0.5, 0.6) is 0 Å². The summed E-state index contributed by atoms with van der Waals surface area (Å²) >= 11 is 0. The molecule has 1 aliphatic heterocycles. The van der Waals surface area contributed by atoms with Crippen molar-refractivity contribution in [3.63, 3.8) is 0 Å². The molecular formula is C25H26O4. The topological polar surface area (TPSA) is 44.8 Å². The molecule has 2 fully saturated rings. The van der Waals surface area contributed by atoms with Gasteiger partial charge in [0.25, 0.3) is 0 Å². The molecule has 4 heteroatoms. The van der Waals surface area contributed by atoms with Crippen LogP contribution in [0.3, 0.4) is 0 Å². The molecule has 1 saturated carbocycles. The van der Waals surface area contributed by atoms with E-state index in [9.17, 15) is 4.79 Å². The minimum Gasteiger partial charge on any atom is -0.465 e. The fourth-order valence-electron chi connectivity index (χ4n) is 5.47. The highest BCUT2D eigenvalue weighted by Gasteiger charge is 2.53. The first kappa shape index (κ1) is 18.6. The summed E-state index contributed by atoms with van der Waals surface area (Å²) in [6, 6.07) is 16.7. The Hall–Kier alpha value is -2.43. The second kappa shape index (κ2) is 7.12. The third kappa shape index (κ3) is 3.11. The first-order valence-electron chi connectivity index (χ1n) is 10.4. The molecular weight excluding hydrogens is 364 g/mol. The SMILES string of the molecule is COC(=O)c1ccc2c(c1)C=CC1CC3(CCC21Cc1ccccc1)OCCO3. The van der Waals surface area contributed by atoms with Gasteiger partial charge in [-0.2, -0.15) is 0 Å². The summed E-state index contributed by atoms with van der Waals surface area (Å²) in [6.45, 7) is 1.36. The highest BCUT2D eigenvalue weighted by molar-refractivity contribution is 5.90. The Morgan fingerprint density at radius 3 is 2.66 bits per heavy atom. The van der Waals surface area contributed by atoms with Crippen LogP contribution in [0, 0.1) is 5.92 Å². The molecule has 2 aliphatic carbocycles. The van der Waals surface area contributed by atoms with Crippen LogP contribution in [0.4, 0.5) is 0 Å². The van der Waals surface area contributed by atoms with Crippen LogP contribution in [0.1, 0.15) is 46.3 Å². The average molecular weight is 390 g/mol. The summed E-state index contributed by atoms with van der Waals surface area (Å²) in [5.41, 5.74) is 4.33. The second-order valence-electron chi connectivity index (χ2n) is 8.39. The number of hydrogen-bond acceptors (Lipinski definition) is 4. The van der Waals surface area contributed by atoms with Crippen LogP contribution in [-0.4, -0.2) is 32.1 Å². The number of allylic oxidation sites excluding steroid dienone is 1. The molecule has 29 heavy (non-hydrogen) atoms. The summed E-state index contributed by atoms with van der Waals surface area (Å²) in [5.74, 6) is -0.402. The van der Waals surface area contributed by atoms with Crippen molar-refractivity contribution < 1.29 is 19.0 Å². The number of rotatable bonds is 3. The molecule has 0 bridgehead atoms. The summed E-state index contributed by atoms with van der Waals surface area (Å²) in [6.07, 6.45) is 8.17. The Balaban J connectivity index is 1.58. The molecule has 2 aromatic carbocycles. The van der Waals surface area contributed by atoms with Crippen LogP contribution in [-0.2, 0) is 26.0 Å². The van der Waals surface area contributed by atoms with Gasteiger partial charge in [0.15, 0.2) is 5.79 Å². The van der Waals surface area contributed by atoms with Crippen molar-refractivity contribution in [2.75, 3.05) is 20.3 Å². The van der Waals surface area contributed by atoms with Crippen LogP contribution >= 0.6 is 0 Å². The monoisotopic (exact) mass is 390 g/mol. The smallest absolute Gasteiger partial charge is 0.337 e. The lowest BCUT2D eigenvalue weighted by Crippen LogP contribution is -2.50. The normalized spacial score (nSPS) is 26.7. The Kier molecular flexibility index (Phi) is 4.56. The number of esters is 1. The third-order valence-corrected chi connectivity index (χ3v) is 6.89. The van der Waals surface area contributed by atoms with E-state index >= 15 is 0 Å². The van der Waals surface area contributed by atoms with Crippen molar-refractivity contribution >= 4 is 12.0 Å². The van der Waals surface area contributed by atoms with Crippen molar-refractivity contribution in [3.8, 4) is 0 Å². The zero-order chi connectivity index (χ0) is 19.9. The van der Waals surface area contributed by atoms with E-state index in [1.807, 2.05) is 12.1 Å². The Bertz CT molecular complexity index is 943. The van der Waals surface area contributed by atoms with E-state index in [4.69, 9.17) is 14.2 Å². The van der Waals surface area contributed by atoms with Gasteiger partial charge >= 0.3 is 5.97 Å². The van der Waals surface area contributed by atoms with Gasteiger partial charge in [-0.1, -0.05) is 48.6 Å². The van der Waals surface area contributed by atoms with Crippen molar-refractivity contribution in [3.05, 3.63) is 76.9 Å². The highest BCUT2D eigenvalue weighted by atomic mass is 16.7. The molecule has 1 spiro atoms. The van der Waals surface area contributed by atoms with E-state index in [0.717, 1.165) is 31.2 Å². The van der Waals surface area contributed by atoms with Gasteiger partial charge in [0.05, 0.1) is 25.9 Å². The van der Waals surface area contributed by atoms with Crippen LogP contribution in [0.25, 0.3) is 6.08 Å². The van der Waals surface area contributed by atoms with Gasteiger partial charge in [-0.25, -0.2) is 4.79 Å². The predicted molar refractivity (Wildman–Crippen MR) is 111 cm³/mol. The summed E-state index contributed by atoms with van der Waals surface area (Å²) < 4.78 is 17.0. The number of fused-ring (bicyclic) bond motifs is 3.